The zero-order chi connectivity index (χ0) is 11.4. The number of nitrogens with zero attached hydrogens (tertiary/aromatic N) is 1. The Morgan fingerprint density at radius 3 is 3.00 bits per heavy atom. The van der Waals surface area contributed by atoms with Crippen molar-refractivity contribution < 1.29 is 0 Å². The second kappa shape index (κ2) is 5.91. The lowest BCUT2D eigenvalue weighted by Crippen LogP contribution is -2.15. The Kier molecular flexibility index (Phi) is 4.52. The van der Waals surface area contributed by atoms with Crippen molar-refractivity contribution in [1.29, 1.82) is 0 Å². The van der Waals surface area contributed by atoms with Crippen molar-refractivity contribution in [2.45, 2.75) is 19.9 Å². The third kappa shape index (κ3) is 3.38. The molecule has 5 heteroatoms. The summed E-state index contributed by atoms with van der Waals surface area (Å²) in [5.41, 5.74) is 0. The quantitative estimate of drug-likeness (QED) is 0.852. The van der Waals surface area contributed by atoms with E-state index in [9.17, 15) is 0 Å². The maximum Gasteiger partial charge on any atom is 0.0937 e. The van der Waals surface area contributed by atoms with Crippen molar-refractivity contribution in [3.8, 4) is 0 Å². The van der Waals surface area contributed by atoms with Gasteiger partial charge in [-0.3, -0.25) is 0 Å². The van der Waals surface area contributed by atoms with Crippen molar-refractivity contribution in [1.82, 2.24) is 10.3 Å². The fourth-order valence-corrected chi connectivity index (χ4v) is 3.58. The van der Waals surface area contributed by atoms with Gasteiger partial charge in [0.25, 0.3) is 0 Å². The molecule has 0 fully saturated rings. The molecule has 0 atom stereocenters. The molecule has 16 heavy (non-hydrogen) atoms. The van der Waals surface area contributed by atoms with Crippen molar-refractivity contribution in [3.05, 3.63) is 36.9 Å². The highest BCUT2D eigenvalue weighted by molar-refractivity contribution is 9.10. The Labute approximate surface area is 112 Å². The molecule has 0 aliphatic heterocycles. The molecule has 0 saturated heterocycles. The van der Waals surface area contributed by atoms with E-state index in [2.05, 4.69) is 39.2 Å². The van der Waals surface area contributed by atoms with Crippen LogP contribution in [0.5, 0.6) is 0 Å². The van der Waals surface area contributed by atoms with Crippen molar-refractivity contribution in [3.63, 3.8) is 0 Å². The van der Waals surface area contributed by atoms with Gasteiger partial charge in [-0.2, -0.15) is 0 Å². The number of aryl methyl sites for hydroxylation is 1. The molecular weight excluding hydrogens is 304 g/mol. The van der Waals surface area contributed by atoms with Crippen LogP contribution >= 0.6 is 38.6 Å². The molecule has 2 nitrogen and oxygen atoms in total. The zero-order valence-electron chi connectivity index (χ0n) is 9.00. The number of aromatic nitrogens is 1. The highest BCUT2D eigenvalue weighted by Gasteiger charge is 2.02. The third-order valence-electron chi connectivity index (χ3n) is 2.21. The van der Waals surface area contributed by atoms with E-state index in [1.54, 1.807) is 11.3 Å². The Morgan fingerprint density at radius 2 is 2.38 bits per heavy atom. The Morgan fingerprint density at radius 1 is 1.50 bits per heavy atom. The van der Waals surface area contributed by atoms with Crippen LogP contribution in [-0.2, 0) is 13.0 Å². The number of hydrogen-bond donors (Lipinski definition) is 1. The van der Waals surface area contributed by atoms with Gasteiger partial charge in [-0.1, -0.05) is 0 Å². The second-order valence-electron chi connectivity index (χ2n) is 3.47. The molecule has 2 aromatic rings. The minimum absolute atomic E-state index is 0.947. The molecule has 0 aromatic carbocycles. The van der Waals surface area contributed by atoms with Crippen LogP contribution in [0, 0.1) is 6.92 Å². The van der Waals surface area contributed by atoms with Gasteiger partial charge in [0, 0.05) is 45.3 Å². The van der Waals surface area contributed by atoms with E-state index in [0.29, 0.717) is 0 Å². The van der Waals surface area contributed by atoms with Gasteiger partial charge >= 0.3 is 0 Å². The van der Waals surface area contributed by atoms with Crippen molar-refractivity contribution in [2.75, 3.05) is 6.54 Å². The number of nitrogens with one attached hydrogen (secondary N) is 1. The Hall–Kier alpha value is -0.230. The maximum atomic E-state index is 4.25. The average Bonchev–Trinajstić information content (AvgIpc) is 2.85. The fraction of sp³-hybridized carbons (Fsp3) is 0.364. The second-order valence-corrected chi connectivity index (χ2v) is 6.64. The van der Waals surface area contributed by atoms with Gasteiger partial charge in [0.2, 0.25) is 0 Å². The van der Waals surface area contributed by atoms with Crippen LogP contribution in [0.3, 0.4) is 0 Å². The lowest BCUT2D eigenvalue weighted by atomic mass is 10.4. The number of thiazole rings is 1. The number of thiophene rings is 1. The lowest BCUT2D eigenvalue weighted by Gasteiger charge is -2.00. The molecular formula is C11H13BrN2S2. The number of hydrogen-bond acceptors (Lipinski definition) is 4. The fourth-order valence-electron chi connectivity index (χ4n) is 1.39. The lowest BCUT2D eigenvalue weighted by molar-refractivity contribution is 0.691. The normalized spacial score (nSPS) is 10.9. The van der Waals surface area contributed by atoms with Crippen molar-refractivity contribution >= 4 is 38.6 Å². The molecule has 0 bridgehead atoms. The van der Waals surface area contributed by atoms with Crippen LogP contribution < -0.4 is 5.32 Å². The van der Waals surface area contributed by atoms with Gasteiger partial charge in [0.05, 0.1) is 5.01 Å². The van der Waals surface area contributed by atoms with E-state index in [1.807, 2.05) is 22.9 Å². The van der Waals surface area contributed by atoms with Crippen LogP contribution in [-0.4, -0.2) is 11.5 Å². The van der Waals surface area contributed by atoms with Crippen LogP contribution in [0.2, 0.25) is 0 Å². The number of rotatable bonds is 5. The summed E-state index contributed by atoms with van der Waals surface area (Å²) < 4.78 is 1.22. The molecule has 0 spiro atoms. The minimum atomic E-state index is 0.947. The molecule has 2 heterocycles. The van der Waals surface area contributed by atoms with Gasteiger partial charge in [-0.15, -0.1) is 22.7 Å². The predicted molar refractivity (Wildman–Crippen MR) is 74.3 cm³/mol. The van der Waals surface area contributed by atoms with Crippen molar-refractivity contribution in [2.24, 2.45) is 0 Å². The van der Waals surface area contributed by atoms with Gasteiger partial charge in [-0.05, 0) is 28.9 Å². The van der Waals surface area contributed by atoms with E-state index in [1.165, 1.54) is 19.2 Å². The molecule has 86 valence electrons. The predicted octanol–water partition coefficient (Wildman–Crippen LogP) is 3.61. The highest BCUT2D eigenvalue weighted by Crippen LogP contribution is 2.25. The first-order valence-electron chi connectivity index (χ1n) is 5.09. The summed E-state index contributed by atoms with van der Waals surface area (Å²) in [5, 5.41) is 6.66. The van der Waals surface area contributed by atoms with E-state index >= 15 is 0 Å². The summed E-state index contributed by atoms with van der Waals surface area (Å²) in [6, 6.07) is 2.19. The molecule has 0 unspecified atom stereocenters. The first-order valence-corrected chi connectivity index (χ1v) is 7.58. The summed E-state index contributed by atoms with van der Waals surface area (Å²) in [6.07, 6.45) is 2.88. The van der Waals surface area contributed by atoms with E-state index in [-0.39, 0.29) is 0 Å². The monoisotopic (exact) mass is 316 g/mol. The van der Waals surface area contributed by atoms with Gasteiger partial charge < -0.3 is 5.32 Å². The van der Waals surface area contributed by atoms with E-state index in [0.717, 1.165) is 19.5 Å². The molecule has 0 amide bonds. The molecule has 0 aliphatic rings. The highest BCUT2D eigenvalue weighted by atomic mass is 79.9. The van der Waals surface area contributed by atoms with Gasteiger partial charge in [0.15, 0.2) is 0 Å². The average molecular weight is 317 g/mol. The molecule has 2 aromatic heterocycles. The number of halogens is 1. The van der Waals surface area contributed by atoms with Gasteiger partial charge in [-0.25, -0.2) is 4.98 Å². The molecule has 0 aliphatic carbocycles. The Bertz CT molecular complexity index is 417. The topological polar surface area (TPSA) is 24.9 Å². The van der Waals surface area contributed by atoms with Crippen LogP contribution in [0.1, 0.15) is 14.8 Å². The first-order chi connectivity index (χ1) is 7.75. The standard InChI is InChI=1S/C11H13BrN2S2/c1-8-10(12)6-9(16-8)7-13-3-2-11-14-4-5-15-11/h4-6,13H,2-3,7H2,1H3. The van der Waals surface area contributed by atoms with Gasteiger partial charge in [0.1, 0.15) is 0 Å². The largest absolute Gasteiger partial charge is 0.311 e. The smallest absolute Gasteiger partial charge is 0.0937 e. The molecule has 0 saturated carbocycles. The first kappa shape index (κ1) is 12.2. The SMILES string of the molecule is Cc1sc(CNCCc2nccs2)cc1Br. The maximum absolute atomic E-state index is 4.25. The summed E-state index contributed by atoms with van der Waals surface area (Å²) in [4.78, 5) is 6.98. The van der Waals surface area contributed by atoms with E-state index in [4.69, 9.17) is 0 Å². The van der Waals surface area contributed by atoms with Crippen LogP contribution in [0.25, 0.3) is 0 Å². The van der Waals surface area contributed by atoms with Crippen LogP contribution in [0.4, 0.5) is 0 Å². The van der Waals surface area contributed by atoms with Crippen LogP contribution in [0.15, 0.2) is 22.1 Å². The summed E-state index contributed by atoms with van der Waals surface area (Å²) in [7, 11) is 0. The van der Waals surface area contributed by atoms with E-state index < -0.39 is 0 Å². The molecule has 0 radical (unpaired) electrons. The summed E-state index contributed by atoms with van der Waals surface area (Å²) in [5.74, 6) is 0. The molecule has 1 N–H and O–H groups in total. The molecule has 2 rings (SSSR count). The minimum Gasteiger partial charge on any atom is -0.311 e. The third-order valence-corrected chi connectivity index (χ3v) is 5.18. The Balaban J connectivity index is 1.72. The summed E-state index contributed by atoms with van der Waals surface area (Å²) >= 11 is 7.09. The zero-order valence-corrected chi connectivity index (χ0v) is 12.2. The summed E-state index contributed by atoms with van der Waals surface area (Å²) in [6.45, 7) is 4.07.